The molecule has 3 rings (SSSR count). The van der Waals surface area contributed by atoms with E-state index < -0.39 is 0 Å². The summed E-state index contributed by atoms with van der Waals surface area (Å²) < 4.78 is 0. The zero-order valence-electron chi connectivity index (χ0n) is 15.0. The van der Waals surface area contributed by atoms with Crippen molar-refractivity contribution in [1.29, 1.82) is 0 Å². The highest BCUT2D eigenvalue weighted by atomic mass is 32.1. The van der Waals surface area contributed by atoms with Crippen molar-refractivity contribution in [3.05, 3.63) is 63.9 Å². The molecule has 25 heavy (non-hydrogen) atoms. The third kappa shape index (κ3) is 3.55. The van der Waals surface area contributed by atoms with E-state index in [0.717, 1.165) is 23.4 Å². The van der Waals surface area contributed by atoms with E-state index >= 15 is 0 Å². The van der Waals surface area contributed by atoms with Gasteiger partial charge in [-0.05, 0) is 40.5 Å². The minimum Gasteiger partial charge on any atom is -0.392 e. The molecule has 1 atom stereocenters. The van der Waals surface area contributed by atoms with Crippen LogP contribution in [0, 0.1) is 5.41 Å². The maximum Gasteiger partial charge on any atom is 0.246 e. The summed E-state index contributed by atoms with van der Waals surface area (Å²) in [6, 6.07) is 12.4. The monoisotopic (exact) mass is 355 g/mol. The number of carbonyl (C=O) groups is 1. The molecule has 0 bridgehead atoms. The Hall–Kier alpha value is -1.91. The van der Waals surface area contributed by atoms with Crippen molar-refractivity contribution in [3.8, 4) is 0 Å². The average Bonchev–Trinajstić information content (AvgIpc) is 2.97. The molecule has 0 aliphatic heterocycles. The van der Waals surface area contributed by atoms with E-state index in [1.54, 1.807) is 6.08 Å². The van der Waals surface area contributed by atoms with Crippen molar-refractivity contribution >= 4 is 23.3 Å². The van der Waals surface area contributed by atoms with Gasteiger partial charge in [-0.1, -0.05) is 44.2 Å². The van der Waals surface area contributed by atoms with Crippen LogP contribution < -0.4 is 0 Å². The van der Waals surface area contributed by atoms with Gasteiger partial charge < -0.3 is 10.0 Å². The summed E-state index contributed by atoms with van der Waals surface area (Å²) >= 11 is 1.53. The lowest BCUT2D eigenvalue weighted by atomic mass is 9.87. The van der Waals surface area contributed by atoms with Gasteiger partial charge in [-0.25, -0.2) is 0 Å². The predicted octanol–water partition coefficient (Wildman–Crippen LogP) is 4.08. The minimum atomic E-state index is 0.0111. The first kappa shape index (κ1) is 17.9. The summed E-state index contributed by atoms with van der Waals surface area (Å²) in [6.45, 7) is 5.30. The predicted molar refractivity (Wildman–Crippen MR) is 103 cm³/mol. The lowest BCUT2D eigenvalue weighted by molar-refractivity contribution is -0.125. The van der Waals surface area contributed by atoms with Crippen LogP contribution >= 0.6 is 11.3 Å². The Morgan fingerprint density at radius 1 is 1.32 bits per heavy atom. The molecule has 1 amide bonds. The van der Waals surface area contributed by atoms with Crippen molar-refractivity contribution < 1.29 is 9.90 Å². The van der Waals surface area contributed by atoms with Gasteiger partial charge >= 0.3 is 0 Å². The number of rotatable bonds is 6. The summed E-state index contributed by atoms with van der Waals surface area (Å²) in [4.78, 5) is 15.3. The maximum absolute atomic E-state index is 12.5. The second-order valence-corrected chi connectivity index (χ2v) is 8.49. The van der Waals surface area contributed by atoms with Gasteiger partial charge in [0.25, 0.3) is 0 Å². The van der Waals surface area contributed by atoms with E-state index in [9.17, 15) is 4.79 Å². The number of amides is 1. The fourth-order valence-electron chi connectivity index (χ4n) is 3.65. The molecule has 1 heterocycles. The molecule has 0 spiro atoms. The van der Waals surface area contributed by atoms with Crippen molar-refractivity contribution in [2.24, 2.45) is 5.41 Å². The molecule has 132 valence electrons. The molecule has 1 aromatic carbocycles. The summed E-state index contributed by atoms with van der Waals surface area (Å²) in [5.41, 5.74) is 2.44. The smallest absolute Gasteiger partial charge is 0.246 e. The number of nitrogens with zero attached hydrogens (tertiary/aromatic N) is 1. The molecule has 0 radical (unpaired) electrons. The van der Waals surface area contributed by atoms with Gasteiger partial charge in [0.2, 0.25) is 5.91 Å². The van der Waals surface area contributed by atoms with Crippen LogP contribution in [-0.2, 0) is 16.8 Å². The van der Waals surface area contributed by atoms with Gasteiger partial charge in [0.1, 0.15) is 0 Å². The third-order valence-corrected chi connectivity index (χ3v) is 6.32. The van der Waals surface area contributed by atoms with Crippen molar-refractivity contribution in [2.45, 2.75) is 32.3 Å². The number of hydrogen-bond acceptors (Lipinski definition) is 3. The van der Waals surface area contributed by atoms with Crippen LogP contribution in [-0.4, -0.2) is 29.5 Å². The third-order valence-electron chi connectivity index (χ3n) is 5.37. The molecular weight excluding hydrogens is 330 g/mol. The largest absolute Gasteiger partial charge is 0.392 e. The molecule has 2 aromatic rings. The van der Waals surface area contributed by atoms with Crippen molar-refractivity contribution in [2.75, 3.05) is 13.6 Å². The maximum atomic E-state index is 12.5. The van der Waals surface area contributed by atoms with Crippen LogP contribution in [0.25, 0.3) is 6.08 Å². The summed E-state index contributed by atoms with van der Waals surface area (Å²) in [7, 11) is 1.87. The second-order valence-electron chi connectivity index (χ2n) is 7.55. The number of benzene rings is 1. The number of thiophene rings is 1. The van der Waals surface area contributed by atoms with Crippen LogP contribution in [0.2, 0.25) is 0 Å². The van der Waals surface area contributed by atoms with Crippen LogP contribution in [0.15, 0.2) is 47.9 Å². The van der Waals surface area contributed by atoms with E-state index in [2.05, 4.69) is 38.1 Å². The molecule has 3 nitrogen and oxygen atoms in total. The van der Waals surface area contributed by atoms with Gasteiger partial charge in [0.05, 0.1) is 6.61 Å². The number of aliphatic hydroxyl groups is 1. The lowest BCUT2D eigenvalue weighted by Crippen LogP contribution is -2.35. The zero-order valence-corrected chi connectivity index (χ0v) is 15.8. The van der Waals surface area contributed by atoms with Gasteiger partial charge in [0, 0.05) is 30.0 Å². The van der Waals surface area contributed by atoms with E-state index in [4.69, 9.17) is 5.11 Å². The zero-order chi connectivity index (χ0) is 18.1. The van der Waals surface area contributed by atoms with Crippen LogP contribution in [0.4, 0.5) is 0 Å². The van der Waals surface area contributed by atoms with Crippen molar-refractivity contribution in [1.82, 2.24) is 4.90 Å². The molecule has 0 saturated heterocycles. The first-order chi connectivity index (χ1) is 11.9. The molecule has 1 unspecified atom stereocenters. The molecule has 1 aliphatic rings. The normalized spacial score (nSPS) is 21.4. The molecule has 4 heteroatoms. The first-order valence-corrected chi connectivity index (χ1v) is 9.43. The van der Waals surface area contributed by atoms with Gasteiger partial charge in [-0.3, -0.25) is 4.79 Å². The Morgan fingerprint density at radius 3 is 2.56 bits per heavy atom. The molecule has 1 aliphatic carbocycles. The number of carbonyl (C=O) groups excluding carboxylic acids is 1. The Balaban J connectivity index is 1.70. The van der Waals surface area contributed by atoms with Gasteiger partial charge in [0.15, 0.2) is 0 Å². The standard InChI is InChI=1S/C21H25NO2S/c1-20(2)14-21(20,17-7-5-4-6-8-17)15-22(3)19(24)10-9-18-11-16(12-23)13-25-18/h4-11,13,23H,12,14-15H2,1-3H3/b10-9+. The average molecular weight is 356 g/mol. The van der Waals surface area contributed by atoms with Gasteiger partial charge in [-0.2, -0.15) is 0 Å². The van der Waals surface area contributed by atoms with Crippen LogP contribution in [0.3, 0.4) is 0 Å². The second kappa shape index (κ2) is 6.77. The number of likely N-dealkylation sites (N-methyl/N-ethyl adjacent to an activating group) is 1. The van der Waals surface area contributed by atoms with Gasteiger partial charge in [-0.15, -0.1) is 11.3 Å². The topological polar surface area (TPSA) is 40.5 Å². The summed E-state index contributed by atoms with van der Waals surface area (Å²) in [5.74, 6) is 0.0111. The fraction of sp³-hybridized carbons (Fsp3) is 0.381. The Labute approximate surface area is 153 Å². The highest BCUT2D eigenvalue weighted by Gasteiger charge is 2.62. The van der Waals surface area contributed by atoms with E-state index in [-0.39, 0.29) is 23.3 Å². The first-order valence-electron chi connectivity index (χ1n) is 8.55. The van der Waals surface area contributed by atoms with E-state index in [1.165, 1.54) is 16.9 Å². The fourth-order valence-corrected chi connectivity index (χ4v) is 4.45. The van der Waals surface area contributed by atoms with Crippen LogP contribution in [0.1, 0.15) is 36.3 Å². The Kier molecular flexibility index (Phi) is 4.85. The lowest BCUT2D eigenvalue weighted by Gasteiger charge is -2.27. The Morgan fingerprint density at radius 2 is 2.00 bits per heavy atom. The number of aliphatic hydroxyl groups excluding tert-OH is 1. The molecule has 1 fully saturated rings. The number of hydrogen-bond donors (Lipinski definition) is 1. The SMILES string of the molecule is CN(CC1(c2ccccc2)CC1(C)C)C(=O)/C=C/c1cc(CO)cs1. The minimum absolute atomic E-state index is 0.0111. The van der Waals surface area contributed by atoms with E-state index in [1.807, 2.05) is 35.5 Å². The molecule has 1 saturated carbocycles. The molecular formula is C21H25NO2S. The quantitative estimate of drug-likeness (QED) is 0.793. The van der Waals surface area contributed by atoms with Crippen LogP contribution in [0.5, 0.6) is 0 Å². The Bertz CT molecular complexity index is 778. The molecule has 1 aromatic heterocycles. The molecule has 1 N–H and O–H groups in total. The summed E-state index contributed by atoms with van der Waals surface area (Å²) in [6.07, 6.45) is 4.55. The van der Waals surface area contributed by atoms with E-state index in [0.29, 0.717) is 0 Å². The van der Waals surface area contributed by atoms with Crippen molar-refractivity contribution in [3.63, 3.8) is 0 Å². The highest BCUT2D eigenvalue weighted by Crippen LogP contribution is 2.64. The summed E-state index contributed by atoms with van der Waals surface area (Å²) in [5, 5.41) is 11.0. The highest BCUT2D eigenvalue weighted by molar-refractivity contribution is 7.11.